The Morgan fingerprint density at radius 2 is 2.12 bits per heavy atom. The number of hydrogen-bond acceptors (Lipinski definition) is 5. The molecule has 2 atom stereocenters. The largest absolute Gasteiger partial charge is 0.394 e. The van der Waals surface area contributed by atoms with E-state index in [0.717, 1.165) is 11.1 Å². The first-order valence-electron chi connectivity index (χ1n) is 10.3. The van der Waals surface area contributed by atoms with Crippen LogP contribution in [0.2, 0.25) is 10.3 Å². The third kappa shape index (κ3) is 4.68. The number of benzene rings is 1. The number of pyridine rings is 1. The Morgan fingerprint density at radius 1 is 1.33 bits per heavy atom. The van der Waals surface area contributed by atoms with Crippen molar-refractivity contribution in [2.75, 3.05) is 6.61 Å². The van der Waals surface area contributed by atoms with E-state index in [2.05, 4.69) is 20.3 Å². The molecule has 3 N–H and O–H groups in total. The van der Waals surface area contributed by atoms with Crippen molar-refractivity contribution in [2.24, 2.45) is 0 Å². The van der Waals surface area contributed by atoms with Gasteiger partial charge in [-0.2, -0.15) is 0 Å². The van der Waals surface area contributed by atoms with Gasteiger partial charge in [0.05, 0.1) is 30.5 Å². The van der Waals surface area contributed by atoms with Crippen molar-refractivity contribution in [1.82, 2.24) is 20.2 Å². The minimum atomic E-state index is -0.767. The second-order valence-electron chi connectivity index (χ2n) is 7.87. The van der Waals surface area contributed by atoms with Crippen LogP contribution in [0.1, 0.15) is 40.1 Å². The maximum absolute atomic E-state index is 13.1. The molecular weight excluding hydrogens is 465 g/mol. The summed E-state index contributed by atoms with van der Waals surface area (Å²) in [5.74, 6) is -0.685. The normalized spacial score (nSPS) is 14.7. The molecule has 0 bridgehead atoms. The summed E-state index contributed by atoms with van der Waals surface area (Å²) in [5.41, 5.74) is 3.70. The van der Waals surface area contributed by atoms with Gasteiger partial charge in [0, 0.05) is 23.4 Å². The Bertz CT molecular complexity index is 1240. The van der Waals surface area contributed by atoms with Crippen LogP contribution in [0.5, 0.6) is 0 Å². The van der Waals surface area contributed by atoms with Gasteiger partial charge in [0.1, 0.15) is 17.3 Å². The second-order valence-corrected chi connectivity index (χ2v) is 8.64. The van der Waals surface area contributed by atoms with E-state index in [9.17, 15) is 14.7 Å². The van der Waals surface area contributed by atoms with Crippen LogP contribution in [0.25, 0.3) is 11.3 Å². The number of rotatable bonds is 6. The number of amides is 2. The maximum atomic E-state index is 13.1. The monoisotopic (exact) mass is 486 g/mol. The van der Waals surface area contributed by atoms with Gasteiger partial charge in [-0.05, 0) is 30.5 Å². The molecule has 2 aromatic heterocycles. The molecule has 0 spiro atoms. The van der Waals surface area contributed by atoms with Crippen LogP contribution in [-0.4, -0.2) is 44.4 Å². The molecule has 33 heavy (non-hydrogen) atoms. The lowest BCUT2D eigenvalue weighted by molar-refractivity contribution is -0.379. The van der Waals surface area contributed by atoms with Gasteiger partial charge in [-0.15, -0.1) is 0 Å². The molecule has 0 unspecified atom stereocenters. The third-order valence-corrected chi connectivity index (χ3v) is 6.08. The summed E-state index contributed by atoms with van der Waals surface area (Å²) in [4.78, 5) is 38.8. The first-order chi connectivity index (χ1) is 15.8. The zero-order chi connectivity index (χ0) is 23.7. The van der Waals surface area contributed by atoms with Crippen LogP contribution in [-0.2, 0) is 11.3 Å². The standard InChI is InChI=1S/C23H21Cl2N5O3/c1-12-4-3-5-14(6-12)19(11-31)28-21(32)13(2)30-10-18-16(22(30)33)7-15(8-26-18)20-17(24)9-27-23(25)29-20/h3-9,13,19,31H,10-11H2,1-2H3,(H,28,32)/p+1/t13-,19-/m1/s1. The number of aliphatic hydroxyl groups is 1. The molecule has 3 aromatic rings. The predicted octanol–water partition coefficient (Wildman–Crippen LogP) is 2.77. The van der Waals surface area contributed by atoms with Crippen molar-refractivity contribution in [2.45, 2.75) is 32.5 Å². The molecule has 4 rings (SSSR count). The van der Waals surface area contributed by atoms with E-state index in [1.54, 1.807) is 19.2 Å². The van der Waals surface area contributed by atoms with Crippen LogP contribution in [0.15, 0.2) is 42.7 Å². The van der Waals surface area contributed by atoms with E-state index in [4.69, 9.17) is 23.2 Å². The molecule has 3 heterocycles. The van der Waals surface area contributed by atoms with Crippen molar-refractivity contribution >= 4 is 35.0 Å². The molecule has 0 fully saturated rings. The van der Waals surface area contributed by atoms with Crippen molar-refractivity contribution in [1.29, 1.82) is 0 Å². The Hall–Kier alpha value is -3.07. The van der Waals surface area contributed by atoms with E-state index in [1.807, 2.05) is 31.2 Å². The number of H-pyrrole nitrogens is 1. The second kappa shape index (κ2) is 9.43. The first-order valence-corrected chi connectivity index (χ1v) is 11.1. The minimum absolute atomic E-state index is 0.153. The zero-order valence-electron chi connectivity index (χ0n) is 18.0. The molecule has 0 aliphatic carbocycles. The van der Waals surface area contributed by atoms with E-state index < -0.39 is 12.1 Å². The molecule has 1 aliphatic heterocycles. The smallest absolute Gasteiger partial charge is 0.394 e. The molecule has 1 aliphatic rings. The van der Waals surface area contributed by atoms with Gasteiger partial charge in [-0.25, -0.2) is 4.98 Å². The van der Waals surface area contributed by atoms with Gasteiger partial charge < -0.3 is 15.3 Å². The molecule has 1 aromatic carbocycles. The van der Waals surface area contributed by atoms with Crippen molar-refractivity contribution in [3.8, 4) is 11.3 Å². The van der Waals surface area contributed by atoms with Crippen LogP contribution in [0.4, 0.5) is 0 Å². The van der Waals surface area contributed by atoms with Crippen LogP contribution in [0, 0.1) is 6.92 Å². The Labute approximate surface area is 200 Å². The summed E-state index contributed by atoms with van der Waals surface area (Å²) < 4.78 is 0. The molecule has 170 valence electrons. The molecular formula is C23H22Cl2N5O3+. The summed E-state index contributed by atoms with van der Waals surface area (Å²) in [5, 5.41) is 13.1. The highest BCUT2D eigenvalue weighted by Gasteiger charge is 2.36. The first kappa shape index (κ1) is 23.1. The van der Waals surface area contributed by atoms with Gasteiger partial charge in [0.25, 0.3) is 5.91 Å². The number of aryl methyl sites for hydroxylation is 1. The average Bonchev–Trinajstić information content (AvgIpc) is 3.14. The topological polar surface area (TPSA) is 110 Å². The fourth-order valence-electron chi connectivity index (χ4n) is 3.77. The number of hydrogen-bond donors (Lipinski definition) is 2. The molecule has 2 amide bonds. The highest BCUT2D eigenvalue weighted by molar-refractivity contribution is 6.33. The van der Waals surface area contributed by atoms with Crippen LogP contribution in [0.3, 0.4) is 0 Å². The van der Waals surface area contributed by atoms with Crippen LogP contribution >= 0.6 is 23.2 Å². The summed E-state index contributed by atoms with van der Waals surface area (Å²) >= 11 is 12.1. The highest BCUT2D eigenvalue weighted by Crippen LogP contribution is 2.30. The minimum Gasteiger partial charge on any atom is -0.394 e. The summed E-state index contributed by atoms with van der Waals surface area (Å²) in [6.45, 7) is 3.53. The maximum Gasteiger partial charge on any atom is 0.394 e. The van der Waals surface area contributed by atoms with E-state index in [-0.39, 0.29) is 30.2 Å². The van der Waals surface area contributed by atoms with Gasteiger partial charge >= 0.3 is 5.28 Å². The van der Waals surface area contributed by atoms with E-state index >= 15 is 0 Å². The Morgan fingerprint density at radius 3 is 2.85 bits per heavy atom. The Balaban J connectivity index is 1.53. The van der Waals surface area contributed by atoms with Crippen molar-refractivity contribution < 1.29 is 19.7 Å². The molecule has 0 saturated heterocycles. The lowest BCUT2D eigenvalue weighted by Gasteiger charge is -2.26. The zero-order valence-corrected chi connectivity index (χ0v) is 19.5. The summed E-state index contributed by atoms with van der Waals surface area (Å²) in [7, 11) is 0. The quantitative estimate of drug-likeness (QED) is 0.520. The fraction of sp³-hybridized carbons (Fsp3) is 0.261. The SMILES string of the molecule is Cc1cccc([C@@H](CO)NC(=O)[C@@H](C)N2Cc3ncc(-c4nc(Cl)[nH+]cc4Cl)cc3C2=O)c1. The molecule has 10 heteroatoms. The lowest BCUT2D eigenvalue weighted by atomic mass is 10.0. The van der Waals surface area contributed by atoms with E-state index in [1.165, 1.54) is 11.1 Å². The number of nitrogens with one attached hydrogen (secondary N) is 2. The number of carbonyl (C=O) groups excluding carboxylic acids is 2. The predicted molar refractivity (Wildman–Crippen MR) is 123 cm³/mol. The van der Waals surface area contributed by atoms with Crippen molar-refractivity contribution in [3.05, 3.63) is 75.4 Å². The fourth-order valence-corrected chi connectivity index (χ4v) is 4.11. The number of aromatic nitrogens is 3. The number of carbonyl (C=O) groups is 2. The van der Waals surface area contributed by atoms with Crippen LogP contribution < -0.4 is 10.3 Å². The number of fused-ring (bicyclic) bond motifs is 1. The number of aromatic amines is 1. The van der Waals surface area contributed by atoms with Crippen molar-refractivity contribution in [3.63, 3.8) is 0 Å². The highest BCUT2D eigenvalue weighted by atomic mass is 35.5. The number of nitrogens with zero attached hydrogens (tertiary/aromatic N) is 3. The van der Waals surface area contributed by atoms with Gasteiger partial charge in [0.15, 0.2) is 0 Å². The summed E-state index contributed by atoms with van der Waals surface area (Å²) in [6.07, 6.45) is 3.08. The van der Waals surface area contributed by atoms with Gasteiger partial charge in [-0.1, -0.05) is 41.4 Å². The number of aliphatic hydroxyl groups excluding tert-OH is 1. The van der Waals surface area contributed by atoms with E-state index in [0.29, 0.717) is 27.5 Å². The summed E-state index contributed by atoms with van der Waals surface area (Å²) in [6, 6.07) is 7.87. The Kier molecular flexibility index (Phi) is 6.60. The molecule has 8 nitrogen and oxygen atoms in total. The third-order valence-electron chi connectivity index (χ3n) is 5.60. The van der Waals surface area contributed by atoms with Gasteiger partial charge in [0.2, 0.25) is 11.6 Å². The average molecular weight is 487 g/mol. The van der Waals surface area contributed by atoms with Gasteiger partial charge in [-0.3, -0.25) is 14.6 Å². The molecule has 0 radical (unpaired) electrons. The lowest BCUT2D eigenvalue weighted by Crippen LogP contribution is -2.46. The molecule has 0 saturated carbocycles. The number of halogens is 2.